The molecule has 1 aliphatic carbocycles. The van der Waals surface area contributed by atoms with Gasteiger partial charge in [0.1, 0.15) is 6.10 Å². The predicted molar refractivity (Wildman–Crippen MR) is 272 cm³/mol. The Labute approximate surface area is 409 Å². The zero-order valence-electron chi connectivity index (χ0n) is 41.7. The molecule has 1 spiro atoms. The molecule has 1 N–H and O–H groups in total. The average molecular weight is 933 g/mol. The molecule has 0 bridgehead atoms. The zero-order chi connectivity index (χ0) is 47.6. The second kappa shape index (κ2) is 20.2. The normalized spacial score (nSPS) is 20.8. The number of nitrogens with zero attached hydrogens (tertiary/aromatic N) is 11. The number of hydrogen-bond acceptors (Lipinski definition) is 11. The van der Waals surface area contributed by atoms with Crippen LogP contribution in [0.4, 0.5) is 23.0 Å². The first kappa shape index (κ1) is 46.8. The van der Waals surface area contributed by atoms with Crippen molar-refractivity contribution in [3.8, 4) is 23.1 Å². The van der Waals surface area contributed by atoms with Crippen LogP contribution in [0.1, 0.15) is 118 Å². The number of nitrogens with one attached hydrogen (secondary N) is 1. The molecule has 1 saturated carbocycles. The van der Waals surface area contributed by atoms with E-state index >= 15 is 0 Å². The van der Waals surface area contributed by atoms with Crippen molar-refractivity contribution in [1.29, 1.82) is 5.26 Å². The van der Waals surface area contributed by atoms with Crippen LogP contribution >= 0.6 is 0 Å². The maximum Gasteiger partial charge on any atom is 0.233 e. The van der Waals surface area contributed by atoms with Crippen molar-refractivity contribution in [2.45, 2.75) is 130 Å². The molecular weight excluding hydrogens is 861 g/mol. The number of ether oxygens (including phenoxy) is 1. The maximum atomic E-state index is 11.9. The Morgan fingerprint density at radius 2 is 1.72 bits per heavy atom. The van der Waals surface area contributed by atoms with E-state index in [2.05, 4.69) is 102 Å². The lowest BCUT2D eigenvalue weighted by molar-refractivity contribution is -0.129. The van der Waals surface area contributed by atoms with Gasteiger partial charge in [0.25, 0.3) is 0 Å². The molecule has 14 nitrogen and oxygen atoms in total. The van der Waals surface area contributed by atoms with E-state index < -0.39 is 0 Å². The Bertz CT molecular complexity index is 2630. The molecule has 1 unspecified atom stereocenters. The minimum atomic E-state index is 0.124. The van der Waals surface area contributed by atoms with Crippen molar-refractivity contribution in [3.05, 3.63) is 88.4 Å². The Hall–Kier alpha value is -5.94. The molecule has 3 aromatic heterocycles. The van der Waals surface area contributed by atoms with Crippen LogP contribution in [0, 0.1) is 36.5 Å². The number of benzene rings is 2. The SMILES string of the molecule is CC(=O)N1CCc2[nH]nc(N3CCCc4cc(-c5cnn(C)c5)c(C)cc43)c2C1.Cc1cc(N2CC3(CCN(c4ccc(OC5CCN(CC6CCCCC6)CC5)nn4)CC3)CC2C)ccc1C#N. The molecular formula is C55H72N12O2. The number of aromatic amines is 1. The molecule has 11 rings (SSSR count). The number of hydrogen-bond donors (Lipinski definition) is 1. The van der Waals surface area contributed by atoms with E-state index in [0.29, 0.717) is 23.9 Å². The van der Waals surface area contributed by atoms with Crippen LogP contribution in [0.15, 0.2) is 54.9 Å². The number of aromatic nitrogens is 6. The van der Waals surface area contributed by atoms with E-state index in [4.69, 9.17) is 4.74 Å². The van der Waals surface area contributed by atoms with E-state index in [1.807, 2.05) is 41.9 Å². The maximum absolute atomic E-state index is 11.9. The van der Waals surface area contributed by atoms with Crippen molar-refractivity contribution in [2.24, 2.45) is 18.4 Å². The van der Waals surface area contributed by atoms with Gasteiger partial charge >= 0.3 is 0 Å². The summed E-state index contributed by atoms with van der Waals surface area (Å²) in [5.74, 6) is 3.65. The van der Waals surface area contributed by atoms with Crippen LogP contribution in [0.5, 0.6) is 5.88 Å². The van der Waals surface area contributed by atoms with E-state index in [0.717, 1.165) is 123 Å². The Morgan fingerprint density at radius 1 is 0.913 bits per heavy atom. The van der Waals surface area contributed by atoms with Crippen molar-refractivity contribution in [2.75, 3.05) is 67.1 Å². The van der Waals surface area contributed by atoms with Crippen molar-refractivity contribution in [3.63, 3.8) is 0 Å². The summed E-state index contributed by atoms with van der Waals surface area (Å²) in [6.07, 6.45) is 20.1. The number of amides is 1. The summed E-state index contributed by atoms with van der Waals surface area (Å²) in [4.78, 5) is 23.7. The number of likely N-dealkylation sites (tertiary alicyclic amines) is 1. The minimum absolute atomic E-state index is 0.124. The highest BCUT2D eigenvalue weighted by atomic mass is 16.5. The first-order valence-corrected chi connectivity index (χ1v) is 26.0. The van der Waals surface area contributed by atoms with Crippen molar-refractivity contribution >= 4 is 28.9 Å². The van der Waals surface area contributed by atoms with Gasteiger partial charge in [-0.05, 0) is 149 Å². The van der Waals surface area contributed by atoms with Gasteiger partial charge in [-0.2, -0.15) is 15.5 Å². The lowest BCUT2D eigenvalue weighted by Crippen LogP contribution is -2.42. The Morgan fingerprint density at radius 3 is 2.43 bits per heavy atom. The monoisotopic (exact) mass is 933 g/mol. The second-order valence-electron chi connectivity index (χ2n) is 21.3. The van der Waals surface area contributed by atoms with Gasteiger partial charge in [-0.1, -0.05) is 19.3 Å². The van der Waals surface area contributed by atoms with Gasteiger partial charge in [-0.15, -0.1) is 10.2 Å². The number of carbonyl (C=O) groups excluding carboxylic acids is 1. The summed E-state index contributed by atoms with van der Waals surface area (Å²) < 4.78 is 8.10. The lowest BCUT2D eigenvalue weighted by Gasteiger charge is -2.39. The van der Waals surface area contributed by atoms with Crippen molar-refractivity contribution in [1.82, 2.24) is 40.0 Å². The first-order valence-electron chi connectivity index (χ1n) is 26.0. The van der Waals surface area contributed by atoms with Gasteiger partial charge in [0.05, 0.1) is 24.4 Å². The molecule has 5 aliphatic heterocycles. The number of rotatable bonds is 8. The Balaban J connectivity index is 0.000000169. The van der Waals surface area contributed by atoms with Crippen LogP contribution in [-0.4, -0.2) is 110 Å². The molecule has 0 radical (unpaired) electrons. The molecule has 8 heterocycles. The molecule has 5 aromatic rings. The molecule has 1 atom stereocenters. The highest BCUT2D eigenvalue weighted by Crippen LogP contribution is 2.46. The molecule has 364 valence electrons. The van der Waals surface area contributed by atoms with Crippen LogP contribution in [-0.2, 0) is 31.2 Å². The summed E-state index contributed by atoms with van der Waals surface area (Å²) >= 11 is 0. The minimum Gasteiger partial charge on any atom is -0.473 e. The van der Waals surface area contributed by atoms with Crippen LogP contribution in [0.2, 0.25) is 0 Å². The fraction of sp³-hybridized carbons (Fsp3) is 0.564. The van der Waals surface area contributed by atoms with Gasteiger partial charge < -0.3 is 29.2 Å². The van der Waals surface area contributed by atoms with Gasteiger partial charge in [-0.3, -0.25) is 14.6 Å². The first-order chi connectivity index (χ1) is 33.5. The molecule has 3 saturated heterocycles. The molecule has 69 heavy (non-hydrogen) atoms. The molecule has 1 amide bonds. The number of carbonyl (C=O) groups is 1. The standard InChI is InChI=1S/C33H46N6O.C22H26N6O/c1-25-20-29(9-8-28(25)22-34)39-24-33(21-26(39)2)14-18-38(19-15-33)31-10-11-32(36-35-31)40-30-12-16-37(17-13-30)23-27-6-4-3-5-7-27;1-14-9-21-16(10-18(14)17-11-23-26(3)12-17)5-4-7-28(21)22-19-13-27(15(2)29)8-6-20(19)24-25-22/h8-11,20,26-27,30H,3-7,12-19,21,23-24H2,1-2H3;9-12H,4-8,13H2,1-3H3,(H,24,25). The Kier molecular flexibility index (Phi) is 13.7. The largest absolute Gasteiger partial charge is 0.473 e. The lowest BCUT2D eigenvalue weighted by atomic mass is 9.77. The zero-order valence-corrected chi connectivity index (χ0v) is 41.7. The highest BCUT2D eigenvalue weighted by molar-refractivity contribution is 5.77. The number of anilines is 4. The third-order valence-electron chi connectivity index (χ3n) is 16.4. The third kappa shape index (κ3) is 10.2. The van der Waals surface area contributed by atoms with Crippen LogP contribution in [0.25, 0.3) is 11.1 Å². The number of H-pyrrole nitrogens is 1. The number of aryl methyl sites for hydroxylation is 4. The van der Waals surface area contributed by atoms with E-state index in [9.17, 15) is 10.1 Å². The van der Waals surface area contributed by atoms with Gasteiger partial charge in [0, 0.05) is 119 Å². The average Bonchev–Trinajstić information content (AvgIpc) is 4.09. The number of nitriles is 1. The summed E-state index contributed by atoms with van der Waals surface area (Å²) in [5.41, 5.74) is 12.0. The van der Waals surface area contributed by atoms with Gasteiger partial charge in [0.2, 0.25) is 11.8 Å². The fourth-order valence-corrected chi connectivity index (χ4v) is 12.4. The highest BCUT2D eigenvalue weighted by Gasteiger charge is 2.44. The number of fused-ring (bicyclic) bond motifs is 2. The predicted octanol–water partition coefficient (Wildman–Crippen LogP) is 9.07. The molecule has 6 aliphatic rings. The van der Waals surface area contributed by atoms with Crippen molar-refractivity contribution < 1.29 is 9.53 Å². The summed E-state index contributed by atoms with van der Waals surface area (Å²) in [6, 6.07) is 17.8. The quantitative estimate of drug-likeness (QED) is 0.160. The molecule has 2 aromatic carbocycles. The van der Waals surface area contributed by atoms with Crippen LogP contribution in [0.3, 0.4) is 0 Å². The summed E-state index contributed by atoms with van der Waals surface area (Å²) in [5, 5.41) is 30.6. The van der Waals surface area contributed by atoms with E-state index in [1.54, 1.807) is 6.92 Å². The van der Waals surface area contributed by atoms with Gasteiger partial charge in [0.15, 0.2) is 11.6 Å². The van der Waals surface area contributed by atoms with Gasteiger partial charge in [-0.25, -0.2) is 0 Å². The summed E-state index contributed by atoms with van der Waals surface area (Å²) in [6.45, 7) is 17.2. The molecule has 14 heteroatoms. The summed E-state index contributed by atoms with van der Waals surface area (Å²) in [7, 11) is 1.95. The number of piperidine rings is 2. The van der Waals surface area contributed by atoms with E-state index in [-0.39, 0.29) is 12.0 Å². The third-order valence-corrected chi connectivity index (χ3v) is 16.4. The molecule has 4 fully saturated rings. The smallest absolute Gasteiger partial charge is 0.233 e. The van der Waals surface area contributed by atoms with Crippen LogP contribution < -0.4 is 19.4 Å². The van der Waals surface area contributed by atoms with E-state index in [1.165, 1.54) is 86.0 Å². The fourth-order valence-electron chi connectivity index (χ4n) is 12.4. The topological polar surface area (TPSA) is 139 Å². The second-order valence-corrected chi connectivity index (χ2v) is 21.3.